The van der Waals surface area contributed by atoms with Gasteiger partial charge in [-0.25, -0.2) is 0 Å². The number of carbonyl (C=O) groups is 2. The van der Waals surface area contributed by atoms with Crippen LogP contribution in [0, 0.1) is 0 Å². The van der Waals surface area contributed by atoms with Crippen LogP contribution in [-0.4, -0.2) is 21.8 Å². The summed E-state index contributed by atoms with van der Waals surface area (Å²) >= 11 is 0. The van der Waals surface area contributed by atoms with Gasteiger partial charge in [-0.05, 0) is 47.1 Å². The first kappa shape index (κ1) is 23.3. The monoisotopic (exact) mass is 434 g/mol. The van der Waals surface area contributed by atoms with Crippen LogP contribution >= 0.6 is 0 Å². The number of anilines is 1. The Hall–Kier alpha value is -3.41. The van der Waals surface area contributed by atoms with Crippen molar-refractivity contribution in [1.29, 1.82) is 0 Å². The van der Waals surface area contributed by atoms with Gasteiger partial charge in [-0.3, -0.25) is 14.4 Å². The minimum Gasteiger partial charge on any atom is -0.508 e. The fourth-order valence-electron chi connectivity index (χ4n) is 3.71. The van der Waals surface area contributed by atoms with Crippen molar-refractivity contribution >= 4 is 28.3 Å². The van der Waals surface area contributed by atoms with Gasteiger partial charge in [0.25, 0.3) is 5.91 Å². The summed E-state index contributed by atoms with van der Waals surface area (Å²) in [6, 6.07) is 8.18. The van der Waals surface area contributed by atoms with Gasteiger partial charge < -0.3 is 15.4 Å². The number of phenols is 1. The number of phenolic OH excluding ortho intramolecular Hbond substituents is 1. The third-order valence-electron chi connectivity index (χ3n) is 5.53. The smallest absolute Gasteiger partial charge is 0.261 e. The number of benzene rings is 2. The molecule has 3 aromatic rings. The number of aromatic amines is 1. The summed E-state index contributed by atoms with van der Waals surface area (Å²) < 4.78 is 0. The lowest BCUT2D eigenvalue weighted by Crippen LogP contribution is -2.25. The first-order valence-corrected chi connectivity index (χ1v) is 10.6. The Morgan fingerprint density at radius 2 is 1.56 bits per heavy atom. The molecule has 0 aliphatic heterocycles. The number of fused-ring (bicyclic) bond motifs is 1. The largest absolute Gasteiger partial charge is 0.508 e. The fraction of sp³-hybridized carbons (Fsp3) is 0.346. The third kappa shape index (κ3) is 4.44. The van der Waals surface area contributed by atoms with Crippen LogP contribution in [0.4, 0.5) is 5.69 Å². The van der Waals surface area contributed by atoms with Crippen molar-refractivity contribution in [3.8, 4) is 5.75 Å². The lowest BCUT2D eigenvalue weighted by molar-refractivity contribution is 0.101. The van der Waals surface area contributed by atoms with E-state index in [1.54, 1.807) is 24.3 Å². The molecule has 0 fully saturated rings. The first-order chi connectivity index (χ1) is 14.7. The second kappa shape index (κ2) is 7.93. The Labute approximate surface area is 187 Å². The molecule has 168 valence electrons. The molecule has 32 heavy (non-hydrogen) atoms. The maximum absolute atomic E-state index is 13.1. The van der Waals surface area contributed by atoms with Crippen molar-refractivity contribution < 1.29 is 14.7 Å². The summed E-state index contributed by atoms with van der Waals surface area (Å²) in [6.07, 6.45) is 1.35. The highest BCUT2D eigenvalue weighted by Gasteiger charge is 2.26. The molecule has 0 unspecified atom stereocenters. The predicted octanol–water partition coefficient (Wildman–Crippen LogP) is 5.28. The van der Waals surface area contributed by atoms with E-state index in [9.17, 15) is 19.5 Å². The van der Waals surface area contributed by atoms with Crippen LogP contribution in [-0.2, 0) is 10.8 Å². The van der Waals surface area contributed by atoms with E-state index in [1.807, 2.05) is 47.6 Å². The van der Waals surface area contributed by atoms with Crippen molar-refractivity contribution in [1.82, 2.24) is 4.98 Å². The summed E-state index contributed by atoms with van der Waals surface area (Å²) in [7, 11) is 0. The summed E-state index contributed by atoms with van der Waals surface area (Å²) in [6.45, 7) is 13.6. The van der Waals surface area contributed by atoms with Gasteiger partial charge in [0, 0.05) is 28.9 Å². The first-order valence-electron chi connectivity index (χ1n) is 10.6. The molecule has 0 saturated heterocycles. The normalized spacial score (nSPS) is 12.1. The van der Waals surface area contributed by atoms with E-state index in [1.165, 1.54) is 13.1 Å². The molecular formula is C26H30N2O4. The molecule has 0 radical (unpaired) electrons. The van der Waals surface area contributed by atoms with Crippen molar-refractivity contribution in [2.24, 2.45) is 0 Å². The predicted molar refractivity (Wildman–Crippen MR) is 128 cm³/mol. The number of Topliss-reactive ketones (excluding diaryl/α,β-unsaturated/α-hetero) is 1. The van der Waals surface area contributed by atoms with E-state index in [2.05, 4.69) is 10.3 Å². The number of carbonyl (C=O) groups excluding carboxylic acids is 2. The van der Waals surface area contributed by atoms with Gasteiger partial charge in [0.2, 0.25) is 5.43 Å². The SMILES string of the molecule is CC(=O)c1ccc2c(=O)c(C(=O)Nc3cc(O)c(C(C)(C)C)cc3C(C)(C)C)c[nH]c2c1. The molecule has 3 rings (SSSR count). The molecule has 3 N–H and O–H groups in total. The molecule has 0 spiro atoms. The second-order valence-corrected chi connectivity index (χ2v) is 10.2. The average molecular weight is 435 g/mol. The van der Waals surface area contributed by atoms with Gasteiger partial charge in [0.15, 0.2) is 5.78 Å². The molecule has 1 aromatic heterocycles. The molecule has 0 aliphatic carbocycles. The van der Waals surface area contributed by atoms with E-state index in [0.717, 1.165) is 11.1 Å². The Kier molecular flexibility index (Phi) is 5.77. The van der Waals surface area contributed by atoms with Crippen LogP contribution in [0.2, 0.25) is 0 Å². The molecule has 0 aliphatic rings. The number of nitrogens with one attached hydrogen (secondary N) is 2. The van der Waals surface area contributed by atoms with E-state index in [4.69, 9.17) is 0 Å². The summed E-state index contributed by atoms with van der Waals surface area (Å²) in [5, 5.41) is 13.8. The van der Waals surface area contributed by atoms with Crippen LogP contribution in [0.3, 0.4) is 0 Å². The van der Waals surface area contributed by atoms with E-state index >= 15 is 0 Å². The highest BCUT2D eigenvalue weighted by molar-refractivity contribution is 6.06. The number of H-pyrrole nitrogens is 1. The summed E-state index contributed by atoms with van der Waals surface area (Å²) in [4.78, 5) is 40.6. The molecule has 6 heteroatoms. The van der Waals surface area contributed by atoms with Gasteiger partial charge in [-0.1, -0.05) is 47.6 Å². The number of aromatic nitrogens is 1. The van der Waals surface area contributed by atoms with Crippen molar-refractivity contribution in [2.75, 3.05) is 5.32 Å². The lowest BCUT2D eigenvalue weighted by atomic mass is 9.79. The Morgan fingerprint density at radius 1 is 0.938 bits per heavy atom. The van der Waals surface area contributed by atoms with E-state index in [0.29, 0.717) is 22.2 Å². The van der Waals surface area contributed by atoms with Crippen molar-refractivity contribution in [2.45, 2.75) is 59.3 Å². The molecule has 0 bridgehead atoms. The zero-order valence-electron chi connectivity index (χ0n) is 19.6. The number of hydrogen-bond acceptors (Lipinski definition) is 4. The van der Waals surface area contributed by atoms with Crippen LogP contribution in [0.1, 0.15) is 80.3 Å². The van der Waals surface area contributed by atoms with Crippen molar-refractivity contribution in [3.05, 3.63) is 69.0 Å². The molecular weight excluding hydrogens is 404 g/mol. The Morgan fingerprint density at radius 3 is 2.12 bits per heavy atom. The van der Waals surface area contributed by atoms with Crippen molar-refractivity contribution in [3.63, 3.8) is 0 Å². The highest BCUT2D eigenvalue weighted by atomic mass is 16.3. The van der Waals surface area contributed by atoms with E-state index < -0.39 is 11.3 Å². The molecule has 0 atom stereocenters. The van der Waals surface area contributed by atoms with Gasteiger partial charge in [0.1, 0.15) is 11.3 Å². The molecule has 0 saturated carbocycles. The number of rotatable bonds is 3. The summed E-state index contributed by atoms with van der Waals surface area (Å²) in [5.41, 5.74) is 2.00. The number of ketones is 1. The van der Waals surface area contributed by atoms with Crippen LogP contribution in [0.25, 0.3) is 10.9 Å². The maximum atomic E-state index is 13.1. The molecule has 2 aromatic carbocycles. The lowest BCUT2D eigenvalue weighted by Gasteiger charge is -2.28. The average Bonchev–Trinajstić information content (AvgIpc) is 2.65. The van der Waals surface area contributed by atoms with Gasteiger partial charge in [0.05, 0.1) is 5.52 Å². The number of pyridine rings is 1. The number of hydrogen-bond donors (Lipinski definition) is 3. The fourth-order valence-corrected chi connectivity index (χ4v) is 3.71. The quantitative estimate of drug-likeness (QED) is 0.488. The summed E-state index contributed by atoms with van der Waals surface area (Å²) in [5.74, 6) is -0.593. The Bertz CT molecular complexity index is 1290. The van der Waals surface area contributed by atoms with Crippen LogP contribution in [0.5, 0.6) is 5.75 Å². The molecule has 1 heterocycles. The van der Waals surface area contributed by atoms with Gasteiger partial charge in [-0.15, -0.1) is 0 Å². The van der Waals surface area contributed by atoms with Crippen LogP contribution < -0.4 is 10.7 Å². The standard InChI is InChI=1S/C26H30N2O4/c1-14(29)15-8-9-16-20(10-15)27-13-17(23(16)31)24(32)28-21-12-22(30)19(26(5,6)7)11-18(21)25(2,3)4/h8-13,30H,1-7H3,(H,27,31)(H,28,32). The highest BCUT2D eigenvalue weighted by Crippen LogP contribution is 2.39. The second-order valence-electron chi connectivity index (χ2n) is 10.2. The Balaban J connectivity index is 2.07. The number of amides is 1. The minimum atomic E-state index is -0.572. The topological polar surface area (TPSA) is 99.3 Å². The van der Waals surface area contributed by atoms with Crippen LogP contribution in [0.15, 0.2) is 41.3 Å². The maximum Gasteiger partial charge on any atom is 0.261 e. The minimum absolute atomic E-state index is 0.0488. The molecule has 6 nitrogen and oxygen atoms in total. The number of aromatic hydroxyl groups is 1. The zero-order chi connectivity index (χ0) is 24.0. The third-order valence-corrected chi connectivity index (χ3v) is 5.53. The van der Waals surface area contributed by atoms with Gasteiger partial charge in [-0.2, -0.15) is 0 Å². The molecule has 1 amide bonds. The van der Waals surface area contributed by atoms with Gasteiger partial charge >= 0.3 is 0 Å². The zero-order valence-corrected chi connectivity index (χ0v) is 19.6. The van der Waals surface area contributed by atoms with E-state index in [-0.39, 0.29) is 27.9 Å².